The summed E-state index contributed by atoms with van der Waals surface area (Å²) in [4.78, 5) is 0. The molecular weight excluding hydrogens is 92.1 g/mol. The highest BCUT2D eigenvalue weighted by Gasteiger charge is 1.81. The first-order valence-corrected chi connectivity index (χ1v) is 2.25. The molecule has 0 unspecified atom stereocenters. The predicted molar refractivity (Wildman–Crippen MR) is 17.5 cm³/mol. The van der Waals surface area contributed by atoms with Gasteiger partial charge in [0.15, 0.2) is 0 Å². The second-order valence-corrected chi connectivity index (χ2v) is 1.54. The predicted octanol–water partition coefficient (Wildman–Crippen LogP) is -0.496. The van der Waals surface area contributed by atoms with Gasteiger partial charge in [0.25, 0.3) is 10.1 Å². The molecule has 0 aliphatic heterocycles. The Kier molecular flexibility index (Phi) is 0.407. The summed E-state index contributed by atoms with van der Waals surface area (Å²) in [6.45, 7) is 0. The van der Waals surface area contributed by atoms with Crippen molar-refractivity contribution >= 4 is 10.1 Å². The van der Waals surface area contributed by atoms with Gasteiger partial charge in [0.2, 0.25) is 0 Å². The molecule has 1 N–H and O–H groups in total. The van der Waals surface area contributed by atoms with Gasteiger partial charge in [0.05, 0.1) is 6.21 Å². The van der Waals surface area contributed by atoms with E-state index in [1.54, 1.807) is 0 Å². The lowest BCUT2D eigenvalue weighted by atomic mass is 12.0. The summed E-state index contributed by atoms with van der Waals surface area (Å²) in [6, 6.07) is 0. The third-order valence-electron chi connectivity index (χ3n) is 0. The fourth-order valence-electron chi connectivity index (χ4n) is 0. The fourth-order valence-corrected chi connectivity index (χ4v) is 0. The maximum atomic E-state index is 9.51. The monoisotopic (exact) mass is 98.0 g/mol. The van der Waals surface area contributed by atoms with Crippen LogP contribution < -0.4 is 0 Å². The molecule has 0 aliphatic carbocycles. The second-order valence-electron chi connectivity index (χ2n) is 0.515. The molecule has 0 heterocycles. The Hall–Kier alpha value is -0.0900. The van der Waals surface area contributed by atoms with Crippen LogP contribution in [0.15, 0.2) is 0 Å². The Morgan fingerprint density at radius 3 is 2.20 bits per heavy atom. The zero-order valence-electron chi connectivity index (χ0n) is 4.25. The van der Waals surface area contributed by atoms with Gasteiger partial charge < -0.3 is 0 Å². The smallest absolute Gasteiger partial charge is 0.261 e. The zero-order chi connectivity index (χ0) is 6.08. The van der Waals surface area contributed by atoms with Gasteiger partial charge in [0, 0.05) is 2.74 Å². The molecule has 4 heteroatoms. The van der Waals surface area contributed by atoms with Crippen molar-refractivity contribution in [2.24, 2.45) is 0 Å². The molecule has 32 valence electrons. The van der Waals surface area contributed by atoms with Crippen molar-refractivity contribution in [3.05, 3.63) is 0 Å². The molecule has 0 rings (SSSR count). The Balaban J connectivity index is 4.10. The molecule has 0 amide bonds. The van der Waals surface area contributed by atoms with E-state index >= 15 is 0 Å². The summed E-state index contributed by atoms with van der Waals surface area (Å²) in [5, 5.41) is 0. The van der Waals surface area contributed by atoms with E-state index in [0.717, 1.165) is 0 Å². The van der Waals surface area contributed by atoms with E-state index in [1.807, 2.05) is 0 Å². The molecule has 0 atom stereocenters. The number of hydrogen-bond donors (Lipinski definition) is 1. The zero-order valence-corrected chi connectivity index (χ0v) is 3.07. The van der Waals surface area contributed by atoms with E-state index in [4.69, 9.17) is 7.29 Å². The maximum Gasteiger partial charge on any atom is 0.261 e. The lowest BCUT2D eigenvalue weighted by Crippen LogP contribution is -1.88. The summed E-state index contributed by atoms with van der Waals surface area (Å²) in [5.41, 5.74) is 0. The van der Waals surface area contributed by atoms with Gasteiger partial charge in [-0.15, -0.1) is 0 Å². The molecule has 0 radical (unpaired) electrons. The summed E-state index contributed by atoms with van der Waals surface area (Å²) in [6.07, 6.45) is -2.17. The van der Waals surface area contributed by atoms with Crippen LogP contribution in [0.25, 0.3) is 0 Å². The van der Waals surface area contributed by atoms with Gasteiger partial charge in [0.1, 0.15) is 0 Å². The molecule has 0 aliphatic rings. The van der Waals surface area contributed by atoms with Crippen LogP contribution >= 0.6 is 0 Å². The molecule has 3 nitrogen and oxygen atoms in total. The van der Waals surface area contributed by atoms with Crippen molar-refractivity contribution in [2.45, 2.75) is 0 Å². The van der Waals surface area contributed by atoms with Crippen LogP contribution in [0, 0.1) is 0 Å². The maximum absolute atomic E-state index is 9.51. The first kappa shape index (κ1) is 2.15. The third-order valence-corrected chi connectivity index (χ3v) is 0. The highest BCUT2D eigenvalue weighted by atomic mass is 32.2. The molecule has 0 saturated carbocycles. The largest absolute Gasteiger partial charge is 0.286 e. The minimum absolute atomic E-state index is 2.17. The van der Waals surface area contributed by atoms with Crippen LogP contribution in [0.3, 0.4) is 0 Å². The molecule has 0 aromatic heterocycles. The molecular formula is CH4O3S. The molecule has 0 aromatic carbocycles. The van der Waals surface area contributed by atoms with Crippen LogP contribution in [0.2, 0.25) is 0 Å². The Labute approximate surface area is 33.2 Å². The van der Waals surface area contributed by atoms with Crippen LogP contribution in [0.5, 0.6) is 0 Å². The lowest BCUT2D eigenvalue weighted by Gasteiger charge is -1.69. The van der Waals surface area contributed by atoms with Crippen molar-refractivity contribution in [3.63, 3.8) is 0 Å². The molecule has 0 spiro atoms. The molecule has 0 bridgehead atoms. The van der Waals surface area contributed by atoms with Gasteiger partial charge in [-0.2, -0.15) is 8.42 Å². The van der Waals surface area contributed by atoms with Gasteiger partial charge in [-0.25, -0.2) is 0 Å². The minimum atomic E-state index is -4.41. The Morgan fingerprint density at radius 2 is 2.20 bits per heavy atom. The average molecular weight is 98.1 g/mol. The first-order valence-electron chi connectivity index (χ1n) is 1.91. The van der Waals surface area contributed by atoms with Gasteiger partial charge >= 0.3 is 0 Å². The van der Waals surface area contributed by atoms with E-state index in [1.165, 1.54) is 0 Å². The van der Waals surface area contributed by atoms with Crippen LogP contribution in [-0.4, -0.2) is 19.2 Å². The van der Waals surface area contributed by atoms with E-state index < -0.39 is 16.3 Å². The summed E-state index contributed by atoms with van der Waals surface area (Å²) < 4.78 is 38.8. The topological polar surface area (TPSA) is 54.4 Å². The van der Waals surface area contributed by atoms with Crippen molar-refractivity contribution in [1.29, 1.82) is 0 Å². The quantitative estimate of drug-likeness (QED) is 0.416. The third kappa shape index (κ3) is 1760. The van der Waals surface area contributed by atoms with Crippen molar-refractivity contribution < 1.29 is 15.7 Å². The standard InChI is InChI=1S/CH4O3S/c1-5(2,3)4/h1H3,(H,2,3,4)/i1D2. The molecule has 0 fully saturated rings. The molecule has 0 saturated heterocycles. The number of rotatable bonds is 0. The van der Waals surface area contributed by atoms with Crippen LogP contribution in [0.4, 0.5) is 0 Å². The van der Waals surface area contributed by atoms with Gasteiger partial charge in [-0.1, -0.05) is 0 Å². The van der Waals surface area contributed by atoms with Crippen LogP contribution in [-0.2, 0) is 10.1 Å². The average Bonchev–Trinajstić information content (AvgIpc) is 1.31. The Morgan fingerprint density at radius 1 is 2.00 bits per heavy atom. The molecule has 0 aromatic rings. The highest BCUT2D eigenvalue weighted by Crippen LogP contribution is 1.60. The van der Waals surface area contributed by atoms with Gasteiger partial charge in [-0.3, -0.25) is 4.55 Å². The normalized spacial score (nSPS) is 18.0. The summed E-state index contributed by atoms with van der Waals surface area (Å²) in [7, 11) is -4.41. The van der Waals surface area contributed by atoms with Crippen molar-refractivity contribution in [2.75, 3.05) is 6.21 Å². The fraction of sp³-hybridized carbons (Fsp3) is 1.00. The van der Waals surface area contributed by atoms with E-state index in [0.29, 0.717) is 0 Å². The van der Waals surface area contributed by atoms with E-state index in [2.05, 4.69) is 0 Å². The van der Waals surface area contributed by atoms with Crippen molar-refractivity contribution in [1.82, 2.24) is 0 Å². The SMILES string of the molecule is [2H]C([2H])S(=O)(=O)O. The minimum Gasteiger partial charge on any atom is -0.286 e. The summed E-state index contributed by atoms with van der Waals surface area (Å²) >= 11 is 0. The first-order chi connectivity index (χ1) is 2.94. The molecule has 5 heavy (non-hydrogen) atoms. The highest BCUT2D eigenvalue weighted by molar-refractivity contribution is 7.85. The second kappa shape index (κ2) is 0.948. The van der Waals surface area contributed by atoms with Crippen LogP contribution in [0.1, 0.15) is 2.74 Å². The van der Waals surface area contributed by atoms with E-state index in [9.17, 15) is 8.42 Å². The number of hydrogen-bond acceptors (Lipinski definition) is 2. The summed E-state index contributed by atoms with van der Waals surface area (Å²) in [5.74, 6) is 0. The van der Waals surface area contributed by atoms with E-state index in [-0.39, 0.29) is 0 Å². The lowest BCUT2D eigenvalue weighted by molar-refractivity contribution is 0.490. The Bertz CT molecular complexity index is 135. The van der Waals surface area contributed by atoms with Gasteiger partial charge in [-0.05, 0) is 0 Å². The van der Waals surface area contributed by atoms with Crippen molar-refractivity contribution in [3.8, 4) is 0 Å².